The normalized spacial score (nSPS) is 15.2. The zero-order chi connectivity index (χ0) is 23.9. The molecular formula is C22H23FN4O5S. The first-order valence-corrected chi connectivity index (χ1v) is 11.8. The first kappa shape index (κ1) is 22.7. The number of carboxylic acid groups (broad SMARTS) is 1. The summed E-state index contributed by atoms with van der Waals surface area (Å²) >= 11 is 0. The summed E-state index contributed by atoms with van der Waals surface area (Å²) in [4.78, 5) is 25.8. The maximum atomic E-state index is 15.0. The highest BCUT2D eigenvalue weighted by Crippen LogP contribution is 2.27. The number of nitrogens with zero attached hydrogens (tertiary/aromatic N) is 3. The van der Waals surface area contributed by atoms with Crippen LogP contribution in [0, 0.1) is 5.82 Å². The Morgan fingerprint density at radius 1 is 1.12 bits per heavy atom. The Morgan fingerprint density at radius 2 is 1.76 bits per heavy atom. The van der Waals surface area contributed by atoms with Gasteiger partial charge < -0.3 is 20.3 Å². The number of halogens is 1. The van der Waals surface area contributed by atoms with Gasteiger partial charge in [-0.3, -0.25) is 4.79 Å². The Labute approximate surface area is 189 Å². The van der Waals surface area contributed by atoms with Crippen molar-refractivity contribution < 1.29 is 22.7 Å². The highest BCUT2D eigenvalue weighted by molar-refractivity contribution is 7.89. The number of carboxylic acids is 1. The van der Waals surface area contributed by atoms with Gasteiger partial charge in [0.05, 0.1) is 16.1 Å². The van der Waals surface area contributed by atoms with Crippen molar-refractivity contribution in [3.05, 3.63) is 64.2 Å². The quantitative estimate of drug-likeness (QED) is 0.541. The van der Waals surface area contributed by atoms with Crippen LogP contribution in [0.25, 0.3) is 10.9 Å². The Hall–Kier alpha value is -3.44. The Kier molecular flexibility index (Phi) is 5.85. The zero-order valence-electron chi connectivity index (χ0n) is 17.9. The molecule has 11 heteroatoms. The Balaban J connectivity index is 1.64. The minimum absolute atomic E-state index is 0.0115. The molecule has 3 N–H and O–H groups in total. The van der Waals surface area contributed by atoms with Crippen molar-refractivity contribution in [1.29, 1.82) is 0 Å². The second kappa shape index (κ2) is 8.49. The summed E-state index contributed by atoms with van der Waals surface area (Å²) in [5.41, 5.74) is 5.59. The highest BCUT2D eigenvalue weighted by Gasteiger charge is 2.29. The fourth-order valence-corrected chi connectivity index (χ4v) is 5.44. The lowest BCUT2D eigenvalue weighted by Crippen LogP contribution is -2.48. The molecule has 0 radical (unpaired) electrons. The molecule has 4 rings (SSSR count). The second-order valence-electron chi connectivity index (χ2n) is 7.74. The van der Waals surface area contributed by atoms with Crippen LogP contribution >= 0.6 is 0 Å². The number of rotatable bonds is 5. The predicted molar refractivity (Wildman–Crippen MR) is 123 cm³/mol. The zero-order valence-corrected chi connectivity index (χ0v) is 18.7. The molecule has 0 amide bonds. The van der Waals surface area contributed by atoms with Crippen LogP contribution in [0.2, 0.25) is 0 Å². The highest BCUT2D eigenvalue weighted by atomic mass is 32.2. The van der Waals surface area contributed by atoms with Crippen molar-refractivity contribution in [3.8, 4) is 0 Å². The van der Waals surface area contributed by atoms with Crippen LogP contribution in [-0.4, -0.2) is 54.5 Å². The van der Waals surface area contributed by atoms with Gasteiger partial charge in [-0.2, -0.15) is 4.31 Å². The van der Waals surface area contributed by atoms with Gasteiger partial charge in [0, 0.05) is 50.0 Å². The minimum Gasteiger partial charge on any atom is -0.477 e. The average Bonchev–Trinajstić information content (AvgIpc) is 2.79. The molecule has 1 fully saturated rings. The largest absolute Gasteiger partial charge is 0.477 e. The third-order valence-electron chi connectivity index (χ3n) is 5.82. The number of hydrogen-bond donors (Lipinski definition) is 2. The number of anilines is 2. The van der Waals surface area contributed by atoms with E-state index in [1.54, 1.807) is 16.4 Å². The van der Waals surface area contributed by atoms with Crippen LogP contribution in [0.4, 0.5) is 15.8 Å². The van der Waals surface area contributed by atoms with E-state index in [0.717, 1.165) is 6.07 Å². The summed E-state index contributed by atoms with van der Waals surface area (Å²) in [6.07, 6.45) is 1.26. The number of piperazine rings is 1. The molecule has 2 aromatic carbocycles. The molecule has 2 heterocycles. The number of aryl methyl sites for hydroxylation is 1. The lowest BCUT2D eigenvalue weighted by molar-refractivity contribution is 0.0695. The van der Waals surface area contributed by atoms with E-state index in [2.05, 4.69) is 0 Å². The van der Waals surface area contributed by atoms with Crippen LogP contribution in [-0.2, 0) is 16.6 Å². The topological polar surface area (TPSA) is 126 Å². The minimum atomic E-state index is -3.70. The monoisotopic (exact) mass is 474 g/mol. The van der Waals surface area contributed by atoms with E-state index in [0.29, 0.717) is 17.7 Å². The molecule has 0 atom stereocenters. The fraction of sp³-hybridized carbons (Fsp3) is 0.273. The van der Waals surface area contributed by atoms with Gasteiger partial charge in [-0.15, -0.1) is 0 Å². The molecule has 33 heavy (non-hydrogen) atoms. The van der Waals surface area contributed by atoms with Gasteiger partial charge in [0.1, 0.15) is 11.4 Å². The third-order valence-corrected chi connectivity index (χ3v) is 7.73. The van der Waals surface area contributed by atoms with Gasteiger partial charge in [0.2, 0.25) is 15.5 Å². The summed E-state index contributed by atoms with van der Waals surface area (Å²) in [5.74, 6) is -2.04. The SMILES string of the molecule is CCn1cc(C(=O)O)c(=O)c2cc(F)c(N3CCN(S(=O)(=O)c4ccc(N)cc4)CC3)cc21. The van der Waals surface area contributed by atoms with Crippen LogP contribution in [0.15, 0.2) is 52.3 Å². The first-order chi connectivity index (χ1) is 15.6. The number of fused-ring (bicyclic) bond motifs is 1. The van der Waals surface area contributed by atoms with E-state index in [9.17, 15) is 23.1 Å². The van der Waals surface area contributed by atoms with Gasteiger partial charge in [0.25, 0.3) is 0 Å². The number of nitrogen functional groups attached to an aromatic ring is 1. The summed E-state index contributed by atoms with van der Waals surface area (Å²) in [6, 6.07) is 8.53. The number of pyridine rings is 1. The van der Waals surface area contributed by atoms with Crippen molar-refractivity contribution in [1.82, 2.24) is 8.87 Å². The molecule has 9 nitrogen and oxygen atoms in total. The third kappa shape index (κ3) is 4.05. The number of benzene rings is 2. The second-order valence-corrected chi connectivity index (χ2v) is 9.68. The van der Waals surface area contributed by atoms with Crippen molar-refractivity contribution in [3.63, 3.8) is 0 Å². The maximum Gasteiger partial charge on any atom is 0.341 e. The Morgan fingerprint density at radius 3 is 2.33 bits per heavy atom. The first-order valence-electron chi connectivity index (χ1n) is 10.3. The van der Waals surface area contributed by atoms with Gasteiger partial charge in [0.15, 0.2) is 0 Å². The standard InChI is InChI=1S/C22H23FN4O5S/c1-2-25-13-17(22(29)30)21(28)16-11-18(23)20(12-19(16)25)26-7-9-27(10-8-26)33(31,32)15-5-3-14(24)4-6-15/h3-6,11-13H,2,7-10,24H2,1H3,(H,29,30). The van der Waals surface area contributed by atoms with E-state index < -0.39 is 32.8 Å². The summed E-state index contributed by atoms with van der Waals surface area (Å²) in [6.45, 7) is 2.99. The smallest absolute Gasteiger partial charge is 0.341 e. The van der Waals surface area contributed by atoms with Gasteiger partial charge in [-0.25, -0.2) is 17.6 Å². The van der Waals surface area contributed by atoms with Gasteiger partial charge in [-0.05, 0) is 43.3 Å². The number of carbonyl (C=O) groups is 1. The molecule has 1 aliphatic heterocycles. The lowest BCUT2D eigenvalue weighted by atomic mass is 10.1. The van der Waals surface area contributed by atoms with E-state index in [1.807, 2.05) is 0 Å². The molecule has 3 aromatic rings. The van der Waals surface area contributed by atoms with Gasteiger partial charge >= 0.3 is 5.97 Å². The molecule has 1 aromatic heterocycles. The van der Waals surface area contributed by atoms with Crippen LogP contribution < -0.4 is 16.1 Å². The van der Waals surface area contributed by atoms with E-state index in [-0.39, 0.29) is 42.1 Å². The van der Waals surface area contributed by atoms with Gasteiger partial charge in [-0.1, -0.05) is 0 Å². The molecule has 0 aliphatic carbocycles. The number of sulfonamides is 1. The summed E-state index contributed by atoms with van der Waals surface area (Å²) in [5, 5.41) is 9.27. The number of nitrogens with two attached hydrogens (primary N) is 1. The van der Waals surface area contributed by atoms with E-state index in [4.69, 9.17) is 5.73 Å². The average molecular weight is 475 g/mol. The molecular weight excluding hydrogens is 451 g/mol. The van der Waals surface area contributed by atoms with Crippen molar-refractivity contribution in [2.24, 2.45) is 0 Å². The number of aromatic nitrogens is 1. The van der Waals surface area contributed by atoms with Crippen molar-refractivity contribution in [2.75, 3.05) is 36.8 Å². The van der Waals surface area contributed by atoms with Crippen LogP contribution in [0.3, 0.4) is 0 Å². The summed E-state index contributed by atoms with van der Waals surface area (Å²) < 4.78 is 43.7. The lowest BCUT2D eigenvalue weighted by Gasteiger charge is -2.35. The van der Waals surface area contributed by atoms with Crippen molar-refractivity contribution >= 4 is 38.3 Å². The van der Waals surface area contributed by atoms with E-state index in [1.165, 1.54) is 40.8 Å². The van der Waals surface area contributed by atoms with Crippen LogP contribution in [0.5, 0.6) is 0 Å². The van der Waals surface area contributed by atoms with E-state index >= 15 is 4.39 Å². The molecule has 1 saturated heterocycles. The molecule has 0 unspecified atom stereocenters. The Bertz CT molecular complexity index is 1400. The molecule has 0 saturated carbocycles. The molecule has 174 valence electrons. The fourth-order valence-electron chi connectivity index (χ4n) is 4.01. The van der Waals surface area contributed by atoms with Crippen LogP contribution in [0.1, 0.15) is 17.3 Å². The molecule has 0 bridgehead atoms. The number of hydrogen-bond acceptors (Lipinski definition) is 6. The number of aromatic carboxylic acids is 1. The summed E-state index contributed by atoms with van der Waals surface area (Å²) in [7, 11) is -3.70. The predicted octanol–water partition coefficient (Wildman–Crippen LogP) is 1.95. The molecule has 0 spiro atoms. The maximum absolute atomic E-state index is 15.0. The van der Waals surface area contributed by atoms with Crippen molar-refractivity contribution in [2.45, 2.75) is 18.4 Å². The molecule has 1 aliphatic rings.